The van der Waals surface area contributed by atoms with E-state index in [0.29, 0.717) is 54.1 Å². The van der Waals surface area contributed by atoms with Crippen molar-refractivity contribution in [3.63, 3.8) is 0 Å². The average Bonchev–Trinajstić information content (AvgIpc) is 3.25. The van der Waals surface area contributed by atoms with Crippen LogP contribution in [0.2, 0.25) is 0 Å². The third kappa shape index (κ3) is 4.60. The van der Waals surface area contributed by atoms with E-state index in [9.17, 15) is 19.2 Å². The van der Waals surface area contributed by atoms with Crippen LogP contribution in [-0.2, 0) is 27.4 Å². The lowest BCUT2D eigenvalue weighted by Crippen LogP contribution is -2.29. The van der Waals surface area contributed by atoms with E-state index in [4.69, 9.17) is 15.6 Å². The van der Waals surface area contributed by atoms with Crippen molar-refractivity contribution in [2.24, 2.45) is 5.73 Å². The van der Waals surface area contributed by atoms with Crippen molar-refractivity contribution in [2.45, 2.75) is 25.6 Å². The Balaban J connectivity index is 1.34. The van der Waals surface area contributed by atoms with Crippen molar-refractivity contribution >= 4 is 45.9 Å². The molecule has 1 fully saturated rings. The van der Waals surface area contributed by atoms with Gasteiger partial charge in [0.15, 0.2) is 0 Å². The molecule has 3 aromatic rings. The Morgan fingerprint density at radius 2 is 1.84 bits per heavy atom. The Labute approximate surface area is 209 Å². The van der Waals surface area contributed by atoms with Crippen LogP contribution < -0.4 is 26.4 Å². The molecule has 2 aliphatic heterocycles. The number of hydrogen-bond donors (Lipinski definition) is 3. The second-order valence-electron chi connectivity index (χ2n) is 8.88. The molecule has 2 aliphatic rings. The number of carbonyl (C=O) groups is 3. The lowest BCUT2D eigenvalue weighted by atomic mass is 10.2. The number of cyclic esters (lactones) is 1. The van der Waals surface area contributed by atoms with Crippen LogP contribution in [0.3, 0.4) is 0 Å². The number of benzene rings is 2. The topological polar surface area (TPSA) is 152 Å². The summed E-state index contributed by atoms with van der Waals surface area (Å²) < 4.78 is 23.7. The quantitative estimate of drug-likeness (QED) is 0.416. The molecule has 0 aliphatic carbocycles. The number of aromatic nitrogens is 2. The van der Waals surface area contributed by atoms with E-state index in [1.54, 1.807) is 28.9 Å². The molecule has 1 saturated heterocycles. The smallest absolute Gasteiger partial charge is 0.414 e. The maximum atomic E-state index is 15.1. The van der Waals surface area contributed by atoms with Gasteiger partial charge in [0.25, 0.3) is 5.56 Å². The van der Waals surface area contributed by atoms with Crippen molar-refractivity contribution in [1.82, 2.24) is 9.36 Å². The second kappa shape index (κ2) is 9.58. The summed E-state index contributed by atoms with van der Waals surface area (Å²) in [5, 5.41) is 11.6. The van der Waals surface area contributed by atoms with E-state index in [1.807, 2.05) is 9.58 Å². The number of amides is 2. The fourth-order valence-electron chi connectivity index (χ4n) is 4.75. The molecule has 2 amide bonds. The number of nitrogens with two attached hydrogens (primary N) is 1. The summed E-state index contributed by atoms with van der Waals surface area (Å²) in [5.74, 6) is -2.42. The molecule has 0 spiro atoms. The summed E-state index contributed by atoms with van der Waals surface area (Å²) in [5.41, 5.74) is 7.04. The van der Waals surface area contributed by atoms with E-state index in [-0.39, 0.29) is 18.6 Å². The van der Waals surface area contributed by atoms with Crippen LogP contribution in [0, 0.1) is 5.82 Å². The van der Waals surface area contributed by atoms with Crippen LogP contribution in [0.25, 0.3) is 10.9 Å². The van der Waals surface area contributed by atoms with E-state index >= 15 is 4.39 Å². The third-order valence-corrected chi connectivity index (χ3v) is 6.51. The third-order valence-electron chi connectivity index (χ3n) is 6.51. The number of nitrogens with one attached hydrogen (secondary N) is 1. The van der Waals surface area contributed by atoms with Gasteiger partial charge in [0.2, 0.25) is 5.91 Å². The molecule has 0 saturated carbocycles. The number of halogens is 1. The molecule has 0 bridgehead atoms. The van der Waals surface area contributed by atoms with Gasteiger partial charge in [-0.05, 0) is 36.4 Å². The number of rotatable bonds is 6. The van der Waals surface area contributed by atoms with Gasteiger partial charge in [-0.3, -0.25) is 24.0 Å². The molecule has 194 valence electrons. The van der Waals surface area contributed by atoms with Crippen LogP contribution in [-0.4, -0.2) is 64.7 Å². The van der Waals surface area contributed by atoms with Crippen LogP contribution in [0.4, 0.5) is 26.2 Å². The Morgan fingerprint density at radius 3 is 2.51 bits per heavy atom. The monoisotopic (exact) mass is 512 g/mol. The lowest BCUT2D eigenvalue weighted by Gasteiger charge is -2.24. The van der Waals surface area contributed by atoms with Crippen molar-refractivity contribution in [1.29, 1.82) is 0 Å². The zero-order valence-electron chi connectivity index (χ0n) is 19.7. The van der Waals surface area contributed by atoms with Gasteiger partial charge in [-0.25, -0.2) is 13.9 Å². The molecular weight excluding hydrogens is 487 g/mol. The zero-order valence-corrected chi connectivity index (χ0v) is 19.7. The Bertz CT molecular complexity index is 1470. The highest BCUT2D eigenvalue weighted by molar-refractivity contribution is 6.02. The first-order chi connectivity index (χ1) is 17.7. The van der Waals surface area contributed by atoms with Gasteiger partial charge < -0.3 is 25.8 Å². The number of anilines is 3. The van der Waals surface area contributed by atoms with Gasteiger partial charge in [0.1, 0.15) is 18.3 Å². The van der Waals surface area contributed by atoms with Gasteiger partial charge in [-0.15, -0.1) is 0 Å². The SMILES string of the molecule is NC[C@H]1CN(c2ccc(N3CCn4c(=O)c5cc(NC(=O)CC(=O)O)ccc5n4CC3)c(F)c2)C(=O)O1. The molecular formula is C24H25FN6O6. The number of hydrogen-bond acceptors (Lipinski definition) is 7. The molecule has 1 atom stereocenters. The van der Waals surface area contributed by atoms with Crippen molar-refractivity contribution in [2.75, 3.05) is 41.3 Å². The zero-order chi connectivity index (χ0) is 26.3. The van der Waals surface area contributed by atoms with E-state index in [2.05, 4.69) is 5.32 Å². The highest BCUT2D eigenvalue weighted by atomic mass is 19.1. The molecule has 2 aromatic carbocycles. The molecule has 37 heavy (non-hydrogen) atoms. The van der Waals surface area contributed by atoms with Crippen molar-refractivity contribution in [3.8, 4) is 0 Å². The van der Waals surface area contributed by atoms with Crippen LogP contribution in [0.5, 0.6) is 0 Å². The maximum Gasteiger partial charge on any atom is 0.414 e. The second-order valence-corrected chi connectivity index (χ2v) is 8.88. The summed E-state index contributed by atoms with van der Waals surface area (Å²) in [6.07, 6.45) is -1.67. The highest BCUT2D eigenvalue weighted by Gasteiger charge is 2.32. The molecule has 5 rings (SSSR count). The number of carboxylic acids is 1. The molecule has 4 N–H and O–H groups in total. The Kier molecular flexibility index (Phi) is 6.29. The number of ether oxygens (including phenoxy) is 1. The van der Waals surface area contributed by atoms with Crippen LogP contribution in [0.15, 0.2) is 41.2 Å². The predicted molar refractivity (Wildman–Crippen MR) is 132 cm³/mol. The van der Waals surface area contributed by atoms with Crippen LogP contribution in [0.1, 0.15) is 6.42 Å². The first-order valence-electron chi connectivity index (χ1n) is 11.7. The molecule has 12 nitrogen and oxygen atoms in total. The number of nitrogens with zero attached hydrogens (tertiary/aromatic N) is 4. The highest BCUT2D eigenvalue weighted by Crippen LogP contribution is 2.29. The van der Waals surface area contributed by atoms with E-state index in [0.717, 1.165) is 0 Å². The first kappa shape index (κ1) is 24.3. The molecule has 13 heteroatoms. The summed E-state index contributed by atoms with van der Waals surface area (Å²) in [6.45, 7) is 1.95. The van der Waals surface area contributed by atoms with Crippen LogP contribution >= 0.6 is 0 Å². The van der Waals surface area contributed by atoms with Gasteiger partial charge >= 0.3 is 12.1 Å². The maximum absolute atomic E-state index is 15.1. The largest absolute Gasteiger partial charge is 0.481 e. The van der Waals surface area contributed by atoms with E-state index < -0.39 is 36.3 Å². The Morgan fingerprint density at radius 1 is 1.08 bits per heavy atom. The fourth-order valence-corrected chi connectivity index (χ4v) is 4.75. The number of carboxylic acid groups (broad SMARTS) is 1. The number of aliphatic carboxylic acids is 1. The minimum atomic E-state index is -1.25. The van der Waals surface area contributed by atoms with Crippen molar-refractivity contribution < 1.29 is 28.6 Å². The summed E-state index contributed by atoms with van der Waals surface area (Å²) in [6, 6.07) is 9.39. The van der Waals surface area contributed by atoms with Gasteiger partial charge in [0.05, 0.1) is 41.9 Å². The average molecular weight is 512 g/mol. The minimum Gasteiger partial charge on any atom is -0.481 e. The fraction of sp³-hybridized carbons (Fsp3) is 0.333. The summed E-state index contributed by atoms with van der Waals surface area (Å²) >= 11 is 0. The Hall–Kier alpha value is -4.39. The van der Waals surface area contributed by atoms with Gasteiger partial charge in [-0.1, -0.05) is 0 Å². The molecule has 0 unspecified atom stereocenters. The lowest BCUT2D eigenvalue weighted by molar-refractivity contribution is -0.139. The predicted octanol–water partition coefficient (Wildman–Crippen LogP) is 1.16. The molecule has 0 radical (unpaired) electrons. The van der Waals surface area contributed by atoms with Gasteiger partial charge in [-0.2, -0.15) is 0 Å². The standard InChI is InChI=1S/C24H25FN6O6/c25-18-10-15(29-13-16(12-26)37-24(29)36)2-4-20(18)28-5-7-30-19-3-1-14(27-21(32)11-22(33)34)9-17(19)23(35)31(30)8-6-28/h1-4,9-10,16H,5-8,11-13,26H2,(H,27,32)(H,33,34)/t16-/m0/s1. The number of carbonyl (C=O) groups excluding carboxylic acids is 2. The minimum absolute atomic E-state index is 0.187. The summed E-state index contributed by atoms with van der Waals surface area (Å²) in [7, 11) is 0. The van der Waals surface area contributed by atoms with Gasteiger partial charge in [0, 0.05) is 25.3 Å². The normalized spacial score (nSPS) is 17.5. The summed E-state index contributed by atoms with van der Waals surface area (Å²) in [4.78, 5) is 50.9. The van der Waals surface area contributed by atoms with Crippen molar-refractivity contribution in [3.05, 3.63) is 52.6 Å². The first-order valence-corrected chi connectivity index (χ1v) is 11.7. The van der Waals surface area contributed by atoms with E-state index in [1.165, 1.54) is 17.0 Å². The molecule has 1 aromatic heterocycles. The molecule has 3 heterocycles. The number of fused-ring (bicyclic) bond motifs is 3.